The Labute approximate surface area is 199 Å². The highest BCUT2D eigenvalue weighted by Crippen LogP contribution is 2.17. The molecule has 1 aliphatic heterocycles. The molecule has 6 heteroatoms. The van der Waals surface area contributed by atoms with E-state index in [2.05, 4.69) is 100 Å². The van der Waals surface area contributed by atoms with E-state index in [0.29, 0.717) is 12.1 Å². The second kappa shape index (κ2) is 12.9. The van der Waals surface area contributed by atoms with Crippen LogP contribution in [0.3, 0.4) is 0 Å². The first kappa shape index (κ1) is 24.6. The van der Waals surface area contributed by atoms with Crippen molar-refractivity contribution < 1.29 is 0 Å². The lowest BCUT2D eigenvalue weighted by atomic mass is 10.0. The van der Waals surface area contributed by atoms with Crippen LogP contribution in [-0.4, -0.2) is 62.6 Å². The fraction of sp³-hybridized carbons (Fsp3) is 0.458. The monoisotopic (exact) mass is 521 g/mol. The predicted molar refractivity (Wildman–Crippen MR) is 138 cm³/mol. The van der Waals surface area contributed by atoms with E-state index < -0.39 is 0 Å². The van der Waals surface area contributed by atoms with Crippen LogP contribution in [0.4, 0.5) is 0 Å². The zero-order chi connectivity index (χ0) is 20.5. The van der Waals surface area contributed by atoms with Gasteiger partial charge in [0.1, 0.15) is 0 Å². The van der Waals surface area contributed by atoms with E-state index in [1.165, 1.54) is 11.1 Å². The van der Waals surface area contributed by atoms with Crippen molar-refractivity contribution in [2.45, 2.75) is 31.5 Å². The number of rotatable bonds is 7. The van der Waals surface area contributed by atoms with Crippen LogP contribution in [0.1, 0.15) is 30.0 Å². The molecule has 1 aliphatic rings. The number of hydrogen-bond donors (Lipinski definition) is 2. The number of aliphatic imine (C=N–C) groups is 1. The highest BCUT2D eigenvalue weighted by molar-refractivity contribution is 14.0. The molecule has 0 bridgehead atoms. The van der Waals surface area contributed by atoms with Crippen molar-refractivity contribution in [3.05, 3.63) is 71.8 Å². The molecule has 2 aromatic carbocycles. The van der Waals surface area contributed by atoms with Crippen molar-refractivity contribution in [2.24, 2.45) is 4.99 Å². The van der Waals surface area contributed by atoms with E-state index >= 15 is 0 Å². The molecule has 0 saturated carbocycles. The fourth-order valence-electron chi connectivity index (χ4n) is 3.93. The maximum absolute atomic E-state index is 4.46. The van der Waals surface area contributed by atoms with Crippen LogP contribution in [0, 0.1) is 0 Å². The Morgan fingerprint density at radius 2 is 1.63 bits per heavy atom. The fourth-order valence-corrected chi connectivity index (χ4v) is 3.93. The number of hydrogen-bond acceptors (Lipinski definition) is 3. The maximum atomic E-state index is 4.46. The molecule has 1 fully saturated rings. The Bertz CT molecular complexity index is 743. The zero-order valence-electron chi connectivity index (χ0n) is 18.4. The van der Waals surface area contributed by atoms with Gasteiger partial charge in [0.2, 0.25) is 0 Å². The highest BCUT2D eigenvalue weighted by atomic mass is 127. The van der Waals surface area contributed by atoms with Gasteiger partial charge in [-0.15, -0.1) is 24.0 Å². The standard InChI is InChI=1S/C24H35N5.HI/c1-25-24(26-18-23(28(2)3)21-12-8-5-9-13-21)27-22-14-16-29(17-15-22)19-20-10-6-4-7-11-20;/h4-13,22-23H,14-19H2,1-3H3,(H2,25,26,27);1H. The van der Waals surface area contributed by atoms with Crippen molar-refractivity contribution in [3.8, 4) is 0 Å². The van der Waals surface area contributed by atoms with E-state index in [-0.39, 0.29) is 24.0 Å². The number of guanidine groups is 1. The van der Waals surface area contributed by atoms with Gasteiger partial charge in [-0.3, -0.25) is 9.89 Å². The van der Waals surface area contributed by atoms with Crippen LogP contribution in [-0.2, 0) is 6.54 Å². The molecule has 0 spiro atoms. The van der Waals surface area contributed by atoms with Crippen LogP contribution in [0.15, 0.2) is 65.7 Å². The topological polar surface area (TPSA) is 42.9 Å². The molecule has 3 rings (SSSR count). The number of nitrogens with one attached hydrogen (secondary N) is 2. The van der Waals surface area contributed by atoms with E-state index in [1.807, 2.05) is 7.05 Å². The quantitative estimate of drug-likeness (QED) is 0.331. The Morgan fingerprint density at radius 3 is 2.20 bits per heavy atom. The van der Waals surface area contributed by atoms with Crippen LogP contribution in [0.5, 0.6) is 0 Å². The van der Waals surface area contributed by atoms with Crippen molar-refractivity contribution >= 4 is 29.9 Å². The van der Waals surface area contributed by atoms with Crippen molar-refractivity contribution in [3.63, 3.8) is 0 Å². The van der Waals surface area contributed by atoms with Gasteiger partial charge in [-0.1, -0.05) is 60.7 Å². The largest absolute Gasteiger partial charge is 0.354 e. The van der Waals surface area contributed by atoms with E-state index in [9.17, 15) is 0 Å². The van der Waals surface area contributed by atoms with Crippen LogP contribution >= 0.6 is 24.0 Å². The summed E-state index contributed by atoms with van der Waals surface area (Å²) in [5, 5.41) is 7.16. The lowest BCUT2D eigenvalue weighted by molar-refractivity contribution is 0.198. The van der Waals surface area contributed by atoms with Gasteiger partial charge in [-0.05, 0) is 38.1 Å². The zero-order valence-corrected chi connectivity index (χ0v) is 20.8. The van der Waals surface area contributed by atoms with Crippen LogP contribution in [0.25, 0.3) is 0 Å². The number of likely N-dealkylation sites (N-methyl/N-ethyl adjacent to an activating group) is 1. The lowest BCUT2D eigenvalue weighted by Gasteiger charge is -2.33. The number of halogens is 1. The summed E-state index contributed by atoms with van der Waals surface area (Å²) in [6.45, 7) is 4.10. The second-order valence-corrected chi connectivity index (χ2v) is 8.02. The first-order valence-corrected chi connectivity index (χ1v) is 10.6. The third-order valence-electron chi connectivity index (χ3n) is 5.67. The summed E-state index contributed by atoms with van der Waals surface area (Å²) in [6, 6.07) is 22.2. The molecule has 2 N–H and O–H groups in total. The molecular weight excluding hydrogens is 485 g/mol. The van der Waals surface area contributed by atoms with Gasteiger partial charge in [0.15, 0.2) is 5.96 Å². The molecule has 5 nitrogen and oxygen atoms in total. The predicted octanol–water partition coefficient (Wildman–Crippen LogP) is 3.74. The third-order valence-corrected chi connectivity index (χ3v) is 5.67. The molecule has 0 amide bonds. The first-order chi connectivity index (χ1) is 14.2. The van der Waals surface area contributed by atoms with Gasteiger partial charge in [0, 0.05) is 39.3 Å². The molecular formula is C24H36IN5. The third kappa shape index (κ3) is 7.56. The van der Waals surface area contributed by atoms with Crippen LogP contribution < -0.4 is 10.6 Å². The van der Waals surface area contributed by atoms with E-state index in [1.54, 1.807) is 0 Å². The Morgan fingerprint density at radius 1 is 1.03 bits per heavy atom. The minimum absolute atomic E-state index is 0. The molecule has 2 aromatic rings. The van der Waals surface area contributed by atoms with E-state index in [0.717, 1.165) is 45.0 Å². The molecule has 1 heterocycles. The van der Waals surface area contributed by atoms with Crippen LogP contribution in [0.2, 0.25) is 0 Å². The van der Waals surface area contributed by atoms with E-state index in [4.69, 9.17) is 0 Å². The maximum Gasteiger partial charge on any atom is 0.191 e. The van der Waals surface area contributed by atoms with Gasteiger partial charge in [0.25, 0.3) is 0 Å². The molecule has 0 aromatic heterocycles. The summed E-state index contributed by atoms with van der Waals surface area (Å²) in [6.07, 6.45) is 2.28. The minimum Gasteiger partial charge on any atom is -0.354 e. The van der Waals surface area contributed by atoms with Crippen molar-refractivity contribution in [1.82, 2.24) is 20.4 Å². The molecule has 1 unspecified atom stereocenters. The second-order valence-electron chi connectivity index (χ2n) is 8.02. The summed E-state index contributed by atoms with van der Waals surface area (Å²) in [4.78, 5) is 9.25. The summed E-state index contributed by atoms with van der Waals surface area (Å²) >= 11 is 0. The molecule has 164 valence electrons. The average molecular weight is 521 g/mol. The average Bonchev–Trinajstić information content (AvgIpc) is 2.75. The number of piperidine rings is 1. The Hall–Kier alpha value is -1.64. The summed E-state index contributed by atoms with van der Waals surface area (Å²) in [5.41, 5.74) is 2.71. The molecule has 1 atom stereocenters. The number of benzene rings is 2. The first-order valence-electron chi connectivity index (χ1n) is 10.6. The normalized spacial score (nSPS) is 16.7. The van der Waals surface area contributed by atoms with Gasteiger partial charge in [0.05, 0.1) is 6.04 Å². The van der Waals surface area contributed by atoms with Gasteiger partial charge in [-0.2, -0.15) is 0 Å². The Kier molecular flexibility index (Phi) is 10.6. The number of nitrogens with zero attached hydrogens (tertiary/aromatic N) is 3. The Balaban J connectivity index is 0.00000320. The molecule has 0 radical (unpaired) electrons. The minimum atomic E-state index is 0. The highest BCUT2D eigenvalue weighted by Gasteiger charge is 2.21. The lowest BCUT2D eigenvalue weighted by Crippen LogP contribution is -2.49. The SMILES string of the molecule is CN=C(NCC(c1ccccc1)N(C)C)NC1CCN(Cc2ccccc2)CC1.I. The molecule has 0 aliphatic carbocycles. The van der Waals surface area contributed by atoms with Crippen molar-refractivity contribution in [2.75, 3.05) is 40.8 Å². The summed E-state index contributed by atoms with van der Waals surface area (Å²) < 4.78 is 0. The van der Waals surface area contributed by atoms with Gasteiger partial charge in [-0.25, -0.2) is 0 Å². The smallest absolute Gasteiger partial charge is 0.191 e. The molecule has 30 heavy (non-hydrogen) atoms. The van der Waals surface area contributed by atoms with Gasteiger partial charge >= 0.3 is 0 Å². The molecule has 1 saturated heterocycles. The number of likely N-dealkylation sites (tertiary alicyclic amines) is 1. The summed E-state index contributed by atoms with van der Waals surface area (Å²) in [5.74, 6) is 0.897. The summed E-state index contributed by atoms with van der Waals surface area (Å²) in [7, 11) is 6.10. The van der Waals surface area contributed by atoms with Gasteiger partial charge < -0.3 is 15.5 Å². The van der Waals surface area contributed by atoms with Crippen molar-refractivity contribution in [1.29, 1.82) is 0 Å².